The largest absolute Gasteiger partial charge is 0.406 e. The van der Waals surface area contributed by atoms with E-state index in [4.69, 9.17) is 0 Å². The average molecular weight is 417 g/mol. The molecule has 1 aromatic carbocycles. The molecule has 2 aromatic rings. The second-order valence-corrected chi connectivity index (χ2v) is 6.97. The zero-order valence-corrected chi connectivity index (χ0v) is 14.9. The van der Waals surface area contributed by atoms with E-state index < -0.39 is 12.7 Å². The Kier molecular flexibility index (Phi) is 4.88. The summed E-state index contributed by atoms with van der Waals surface area (Å²) in [6.07, 6.45) is -1.64. The van der Waals surface area contributed by atoms with Gasteiger partial charge in [0.15, 0.2) is 0 Å². The number of benzene rings is 1. The van der Waals surface area contributed by atoms with Gasteiger partial charge in [-0.3, -0.25) is 9.69 Å². The highest BCUT2D eigenvalue weighted by molar-refractivity contribution is 9.10. The molecule has 1 aromatic heterocycles. The van der Waals surface area contributed by atoms with Crippen molar-refractivity contribution in [1.82, 2.24) is 14.5 Å². The number of nitrogens with zero attached hydrogens (tertiary/aromatic N) is 3. The number of aromatic nitrogens is 2. The lowest BCUT2D eigenvalue weighted by Gasteiger charge is -2.20. The first-order valence-corrected chi connectivity index (χ1v) is 8.38. The van der Waals surface area contributed by atoms with Gasteiger partial charge in [0.2, 0.25) is 5.91 Å². The smallest absolute Gasteiger partial charge is 0.325 e. The summed E-state index contributed by atoms with van der Waals surface area (Å²) in [4.78, 5) is 18.0. The van der Waals surface area contributed by atoms with Gasteiger partial charge in [0.1, 0.15) is 12.4 Å². The first-order chi connectivity index (χ1) is 11.7. The van der Waals surface area contributed by atoms with E-state index in [0.29, 0.717) is 12.4 Å². The number of likely N-dealkylation sites (N-methyl/N-ethyl adjacent to an activating group) is 1. The van der Waals surface area contributed by atoms with Crippen LogP contribution in [0.5, 0.6) is 0 Å². The minimum absolute atomic E-state index is 0.112. The molecular weight excluding hydrogens is 401 g/mol. The molecule has 0 spiro atoms. The first-order valence-electron chi connectivity index (χ1n) is 7.58. The van der Waals surface area contributed by atoms with Gasteiger partial charge < -0.3 is 9.88 Å². The van der Waals surface area contributed by atoms with Crippen LogP contribution < -0.4 is 5.32 Å². The molecule has 2 heterocycles. The maximum atomic E-state index is 12.6. The molecule has 0 fully saturated rings. The lowest BCUT2D eigenvalue weighted by atomic mass is 10.0. The summed E-state index contributed by atoms with van der Waals surface area (Å²) in [5.74, 6) is -0.160. The molecule has 134 valence electrons. The van der Waals surface area contributed by atoms with Gasteiger partial charge in [0, 0.05) is 29.1 Å². The third-order valence-electron chi connectivity index (χ3n) is 4.02. The van der Waals surface area contributed by atoms with Crippen molar-refractivity contribution in [3.8, 4) is 0 Å². The van der Waals surface area contributed by atoms with E-state index >= 15 is 0 Å². The Morgan fingerprint density at radius 3 is 2.88 bits per heavy atom. The van der Waals surface area contributed by atoms with E-state index in [0.717, 1.165) is 20.3 Å². The van der Waals surface area contributed by atoms with Crippen LogP contribution in [0.4, 0.5) is 18.9 Å². The molecule has 1 amide bonds. The molecule has 1 aliphatic heterocycles. The van der Waals surface area contributed by atoms with Gasteiger partial charge in [-0.15, -0.1) is 0 Å². The van der Waals surface area contributed by atoms with E-state index in [2.05, 4.69) is 26.2 Å². The van der Waals surface area contributed by atoms with Gasteiger partial charge in [-0.1, -0.05) is 22.0 Å². The van der Waals surface area contributed by atoms with Crippen LogP contribution in [0.25, 0.3) is 0 Å². The Morgan fingerprint density at radius 1 is 1.40 bits per heavy atom. The van der Waals surface area contributed by atoms with Gasteiger partial charge in [-0.05, 0) is 24.7 Å². The normalized spacial score (nSPS) is 17.0. The molecule has 1 aliphatic rings. The maximum absolute atomic E-state index is 12.6. The Balaban J connectivity index is 1.69. The molecule has 0 radical (unpaired) electrons. The maximum Gasteiger partial charge on any atom is 0.406 e. The zero-order chi connectivity index (χ0) is 18.2. The number of nitrogens with one attached hydrogen (secondary N) is 1. The van der Waals surface area contributed by atoms with Crippen LogP contribution in [-0.2, 0) is 17.9 Å². The van der Waals surface area contributed by atoms with E-state index in [1.165, 1.54) is 12.4 Å². The van der Waals surface area contributed by atoms with Crippen LogP contribution >= 0.6 is 15.9 Å². The summed E-state index contributed by atoms with van der Waals surface area (Å²) < 4.78 is 39.7. The minimum Gasteiger partial charge on any atom is -0.325 e. The summed E-state index contributed by atoms with van der Waals surface area (Å²) in [5, 5.41) is 2.83. The van der Waals surface area contributed by atoms with Gasteiger partial charge in [-0.2, -0.15) is 13.2 Å². The van der Waals surface area contributed by atoms with E-state index in [9.17, 15) is 18.0 Å². The summed E-state index contributed by atoms with van der Waals surface area (Å²) in [5.41, 5.74) is 1.65. The van der Waals surface area contributed by atoms with Crippen LogP contribution in [0.2, 0.25) is 0 Å². The van der Waals surface area contributed by atoms with Crippen LogP contribution in [0, 0.1) is 0 Å². The Bertz CT molecular complexity index is 790. The third kappa shape index (κ3) is 4.21. The molecule has 0 saturated carbocycles. The topological polar surface area (TPSA) is 50.2 Å². The minimum atomic E-state index is -4.30. The van der Waals surface area contributed by atoms with Crippen molar-refractivity contribution in [2.75, 3.05) is 18.9 Å². The van der Waals surface area contributed by atoms with Gasteiger partial charge >= 0.3 is 6.18 Å². The van der Waals surface area contributed by atoms with Crippen molar-refractivity contribution in [3.05, 3.63) is 46.5 Å². The van der Waals surface area contributed by atoms with Gasteiger partial charge in [0.25, 0.3) is 0 Å². The monoisotopic (exact) mass is 416 g/mol. The fourth-order valence-corrected chi connectivity index (χ4v) is 3.29. The summed E-state index contributed by atoms with van der Waals surface area (Å²) in [6, 6.07) is 5.58. The summed E-state index contributed by atoms with van der Waals surface area (Å²) in [6.45, 7) is -0.463. The quantitative estimate of drug-likeness (QED) is 0.812. The number of amides is 1. The third-order valence-corrected chi connectivity index (χ3v) is 4.52. The molecule has 5 nitrogen and oxygen atoms in total. The molecule has 1 atom stereocenters. The first kappa shape index (κ1) is 17.9. The second kappa shape index (κ2) is 6.80. The number of halogens is 4. The predicted molar refractivity (Wildman–Crippen MR) is 90.1 cm³/mol. The number of carbonyl (C=O) groups excluding carboxylic acids is 1. The molecule has 25 heavy (non-hydrogen) atoms. The highest BCUT2D eigenvalue weighted by Gasteiger charge is 2.32. The number of carbonyl (C=O) groups is 1. The molecule has 1 N–H and O–H groups in total. The predicted octanol–water partition coefficient (Wildman–Crippen LogP) is 3.38. The summed E-state index contributed by atoms with van der Waals surface area (Å²) in [7, 11) is 1.76. The number of alkyl halides is 3. The molecule has 0 aliphatic carbocycles. The zero-order valence-electron chi connectivity index (χ0n) is 13.3. The van der Waals surface area contributed by atoms with Crippen molar-refractivity contribution in [3.63, 3.8) is 0 Å². The number of rotatable bonds is 5. The van der Waals surface area contributed by atoms with Crippen LogP contribution in [0.1, 0.15) is 17.3 Å². The number of hydrogen-bond donors (Lipinski definition) is 1. The van der Waals surface area contributed by atoms with Crippen LogP contribution in [0.3, 0.4) is 0 Å². The number of hydrogen-bond acceptors (Lipinski definition) is 3. The Labute approximate surface area is 151 Å². The lowest BCUT2D eigenvalue weighted by Crippen LogP contribution is -2.30. The van der Waals surface area contributed by atoms with Crippen LogP contribution in [-0.4, -0.2) is 40.1 Å². The van der Waals surface area contributed by atoms with Gasteiger partial charge in [-0.25, -0.2) is 4.98 Å². The fraction of sp³-hybridized carbons (Fsp3) is 0.375. The summed E-state index contributed by atoms with van der Waals surface area (Å²) >= 11 is 3.36. The lowest BCUT2D eigenvalue weighted by molar-refractivity contribution is -0.141. The van der Waals surface area contributed by atoms with Crippen molar-refractivity contribution >= 4 is 27.5 Å². The standard InChI is InChI=1S/C16H16BrF3N4O/c1-23(8-14-21-4-5-24(14)9-16(18,19)20)7-12-11-3-2-10(17)6-13(11)22-15(12)25/h2-6,12H,7-9H2,1H3,(H,22,25)/t12-/m0/s1. The van der Waals surface area contributed by atoms with Crippen LogP contribution in [0.15, 0.2) is 35.1 Å². The number of anilines is 1. The average Bonchev–Trinajstić information content (AvgIpc) is 3.02. The number of fused-ring (bicyclic) bond motifs is 1. The van der Waals surface area contributed by atoms with Gasteiger partial charge in [0.05, 0.1) is 12.5 Å². The fourth-order valence-electron chi connectivity index (χ4n) is 2.93. The molecule has 0 saturated heterocycles. The molecule has 9 heteroatoms. The van der Waals surface area contributed by atoms with Crippen molar-refractivity contribution < 1.29 is 18.0 Å². The van der Waals surface area contributed by atoms with Crippen molar-refractivity contribution in [2.24, 2.45) is 0 Å². The highest BCUT2D eigenvalue weighted by atomic mass is 79.9. The Morgan fingerprint density at radius 2 is 2.16 bits per heavy atom. The SMILES string of the molecule is CN(Cc1nccn1CC(F)(F)F)C[C@@H]1C(=O)Nc2cc(Br)ccc21. The highest BCUT2D eigenvalue weighted by Crippen LogP contribution is 2.35. The molecule has 0 unspecified atom stereocenters. The Hall–Kier alpha value is -1.87. The number of imidazole rings is 1. The molecular formula is C16H16BrF3N4O. The van der Waals surface area contributed by atoms with E-state index in [1.807, 2.05) is 18.2 Å². The van der Waals surface area contributed by atoms with Crippen molar-refractivity contribution in [2.45, 2.75) is 25.2 Å². The molecule has 0 bridgehead atoms. The molecule has 3 rings (SSSR count). The second-order valence-electron chi connectivity index (χ2n) is 6.06. The van der Waals surface area contributed by atoms with E-state index in [-0.39, 0.29) is 18.4 Å². The van der Waals surface area contributed by atoms with Crippen molar-refractivity contribution in [1.29, 1.82) is 0 Å². The van der Waals surface area contributed by atoms with E-state index in [1.54, 1.807) is 11.9 Å².